The van der Waals surface area contributed by atoms with Gasteiger partial charge in [0.1, 0.15) is 11.9 Å². The Balaban J connectivity index is 2.20. The van der Waals surface area contributed by atoms with Crippen LogP contribution < -0.4 is 10.2 Å². The van der Waals surface area contributed by atoms with Gasteiger partial charge in [0.2, 0.25) is 11.7 Å². The van der Waals surface area contributed by atoms with Crippen LogP contribution in [0.3, 0.4) is 0 Å². The number of piperazine rings is 1. The summed E-state index contributed by atoms with van der Waals surface area (Å²) in [6, 6.07) is 6.79. The molecular weight excluding hydrogens is 272 g/mol. The van der Waals surface area contributed by atoms with Crippen LogP contribution in [0.2, 0.25) is 0 Å². The Labute approximate surface area is 120 Å². The second-order valence-corrected chi connectivity index (χ2v) is 4.85. The first-order chi connectivity index (χ1) is 10.1. The molecule has 0 spiro atoms. The van der Waals surface area contributed by atoms with Gasteiger partial charge in [-0.2, -0.15) is 0 Å². The lowest BCUT2D eigenvalue weighted by atomic mass is 10.1. The zero-order chi connectivity index (χ0) is 15.0. The van der Waals surface area contributed by atoms with Crippen LogP contribution in [0.15, 0.2) is 24.3 Å². The molecule has 1 aliphatic heterocycles. The van der Waals surface area contributed by atoms with Crippen LogP contribution in [0.4, 0.5) is 5.82 Å². The van der Waals surface area contributed by atoms with Crippen LogP contribution in [0.1, 0.15) is 17.5 Å². The molecule has 2 heterocycles. The fraction of sp³-hybridized carbons (Fsp3) is 0.286. The van der Waals surface area contributed by atoms with E-state index in [1.165, 1.54) is 0 Å². The van der Waals surface area contributed by atoms with E-state index in [2.05, 4.69) is 15.3 Å². The smallest absolute Gasteiger partial charge is 0.374 e. The molecule has 1 aromatic heterocycles. The van der Waals surface area contributed by atoms with Gasteiger partial charge in [0.05, 0.1) is 5.52 Å². The normalized spacial score (nSPS) is 18.6. The molecule has 1 unspecified atom stereocenters. The third-order valence-corrected chi connectivity index (χ3v) is 3.55. The largest absolute Gasteiger partial charge is 0.475 e. The molecule has 108 valence electrons. The maximum atomic E-state index is 11.8. The highest BCUT2D eigenvalue weighted by Crippen LogP contribution is 2.26. The van der Waals surface area contributed by atoms with Crippen molar-refractivity contribution in [3.63, 3.8) is 0 Å². The summed E-state index contributed by atoms with van der Waals surface area (Å²) in [6.07, 6.45) is 0. The molecule has 0 bridgehead atoms. The monoisotopic (exact) mass is 286 g/mol. The first kappa shape index (κ1) is 13.3. The summed E-state index contributed by atoms with van der Waals surface area (Å²) in [5, 5.41) is 12.7. The number of aromatic carboxylic acids is 1. The molecule has 0 radical (unpaired) electrons. The summed E-state index contributed by atoms with van der Waals surface area (Å²) in [6.45, 7) is 2.85. The van der Waals surface area contributed by atoms with E-state index in [-0.39, 0.29) is 11.7 Å². The molecule has 0 saturated carbocycles. The van der Waals surface area contributed by atoms with Gasteiger partial charge in [-0.1, -0.05) is 12.1 Å². The quantitative estimate of drug-likeness (QED) is 0.841. The number of carboxylic acids is 1. The number of amides is 1. The van der Waals surface area contributed by atoms with Gasteiger partial charge in [-0.3, -0.25) is 4.79 Å². The number of hydrogen-bond donors (Lipinski definition) is 2. The number of carbonyl (C=O) groups is 2. The molecule has 1 aliphatic rings. The van der Waals surface area contributed by atoms with Gasteiger partial charge in [0.15, 0.2) is 0 Å². The fourth-order valence-corrected chi connectivity index (χ4v) is 2.45. The zero-order valence-corrected chi connectivity index (χ0v) is 11.4. The van der Waals surface area contributed by atoms with Crippen molar-refractivity contribution in [2.24, 2.45) is 0 Å². The van der Waals surface area contributed by atoms with Crippen molar-refractivity contribution in [2.45, 2.75) is 13.0 Å². The van der Waals surface area contributed by atoms with Crippen molar-refractivity contribution in [3.8, 4) is 0 Å². The maximum Gasteiger partial charge on any atom is 0.374 e. The number of carbonyl (C=O) groups excluding carboxylic acids is 1. The minimum atomic E-state index is -1.18. The zero-order valence-electron chi connectivity index (χ0n) is 11.4. The molecule has 1 fully saturated rings. The number of benzene rings is 1. The standard InChI is InChI=1S/C14H14N4O3/c1-8-13(19)15-6-7-18(8)12-9-4-2-3-5-10(9)16-11(17-12)14(20)21/h2-5,8H,6-7H2,1H3,(H,15,19)(H,20,21). The van der Waals surface area contributed by atoms with E-state index >= 15 is 0 Å². The number of hydrogen-bond acceptors (Lipinski definition) is 5. The molecule has 1 saturated heterocycles. The summed E-state index contributed by atoms with van der Waals surface area (Å²) < 4.78 is 0. The van der Waals surface area contributed by atoms with E-state index in [1.54, 1.807) is 19.1 Å². The predicted molar refractivity (Wildman–Crippen MR) is 76.3 cm³/mol. The van der Waals surface area contributed by atoms with Crippen LogP contribution in [-0.4, -0.2) is 46.1 Å². The molecule has 1 amide bonds. The summed E-state index contributed by atoms with van der Waals surface area (Å²) >= 11 is 0. The summed E-state index contributed by atoms with van der Waals surface area (Å²) in [4.78, 5) is 33.0. The Hall–Kier alpha value is -2.70. The number of aromatic nitrogens is 2. The average molecular weight is 286 g/mol. The van der Waals surface area contributed by atoms with Crippen LogP contribution in [0, 0.1) is 0 Å². The number of nitrogens with one attached hydrogen (secondary N) is 1. The molecule has 21 heavy (non-hydrogen) atoms. The second kappa shape index (κ2) is 5.01. The van der Waals surface area contributed by atoms with E-state index < -0.39 is 12.0 Å². The van der Waals surface area contributed by atoms with Gasteiger partial charge in [-0.15, -0.1) is 0 Å². The summed E-state index contributed by atoms with van der Waals surface area (Å²) in [7, 11) is 0. The number of rotatable bonds is 2. The van der Waals surface area contributed by atoms with Crippen LogP contribution in [0.25, 0.3) is 10.9 Å². The van der Waals surface area contributed by atoms with Gasteiger partial charge < -0.3 is 15.3 Å². The highest BCUT2D eigenvalue weighted by Gasteiger charge is 2.28. The Morgan fingerprint density at radius 3 is 2.90 bits per heavy atom. The van der Waals surface area contributed by atoms with Gasteiger partial charge in [0.25, 0.3) is 0 Å². The highest BCUT2D eigenvalue weighted by atomic mass is 16.4. The van der Waals surface area contributed by atoms with E-state index in [0.29, 0.717) is 24.4 Å². The first-order valence-corrected chi connectivity index (χ1v) is 6.62. The van der Waals surface area contributed by atoms with E-state index in [1.807, 2.05) is 17.0 Å². The topological polar surface area (TPSA) is 95.4 Å². The Bertz CT molecular complexity index is 731. The average Bonchev–Trinajstić information content (AvgIpc) is 2.49. The number of carboxylic acid groups (broad SMARTS) is 1. The van der Waals surface area contributed by atoms with Crippen molar-refractivity contribution < 1.29 is 14.7 Å². The van der Waals surface area contributed by atoms with Gasteiger partial charge in [-0.25, -0.2) is 14.8 Å². The lowest BCUT2D eigenvalue weighted by Gasteiger charge is -2.34. The maximum absolute atomic E-state index is 11.8. The van der Waals surface area contributed by atoms with Gasteiger partial charge in [0, 0.05) is 18.5 Å². The van der Waals surface area contributed by atoms with Crippen molar-refractivity contribution in [1.29, 1.82) is 0 Å². The minimum absolute atomic E-state index is 0.0965. The summed E-state index contributed by atoms with van der Waals surface area (Å²) in [5.41, 5.74) is 0.554. The Kier molecular flexibility index (Phi) is 3.17. The van der Waals surface area contributed by atoms with Crippen molar-refractivity contribution in [2.75, 3.05) is 18.0 Å². The van der Waals surface area contributed by atoms with Crippen molar-refractivity contribution in [3.05, 3.63) is 30.1 Å². The SMILES string of the molecule is CC1C(=O)NCCN1c1nc(C(=O)O)nc2ccccc12. The lowest BCUT2D eigenvalue weighted by Crippen LogP contribution is -2.54. The number of fused-ring (bicyclic) bond motifs is 1. The van der Waals surface area contributed by atoms with E-state index in [0.717, 1.165) is 5.39 Å². The third-order valence-electron chi connectivity index (χ3n) is 3.55. The Morgan fingerprint density at radius 1 is 1.38 bits per heavy atom. The number of para-hydroxylation sites is 1. The summed E-state index contributed by atoms with van der Waals surface area (Å²) in [5.74, 6) is -1.06. The van der Waals surface area contributed by atoms with E-state index in [4.69, 9.17) is 5.11 Å². The molecule has 0 aliphatic carbocycles. The molecule has 2 N–H and O–H groups in total. The highest BCUT2D eigenvalue weighted by molar-refractivity contribution is 5.96. The molecule has 1 aromatic carbocycles. The molecule has 7 heteroatoms. The number of anilines is 1. The first-order valence-electron chi connectivity index (χ1n) is 6.62. The molecule has 2 aromatic rings. The minimum Gasteiger partial charge on any atom is -0.475 e. The van der Waals surface area contributed by atoms with Gasteiger partial charge in [-0.05, 0) is 19.1 Å². The fourth-order valence-electron chi connectivity index (χ4n) is 2.45. The Morgan fingerprint density at radius 2 is 2.14 bits per heavy atom. The van der Waals surface area contributed by atoms with E-state index in [9.17, 15) is 9.59 Å². The third kappa shape index (κ3) is 2.26. The van der Waals surface area contributed by atoms with Crippen LogP contribution >= 0.6 is 0 Å². The van der Waals surface area contributed by atoms with Crippen molar-refractivity contribution in [1.82, 2.24) is 15.3 Å². The molecule has 3 rings (SSSR count). The molecule has 7 nitrogen and oxygen atoms in total. The van der Waals surface area contributed by atoms with Crippen molar-refractivity contribution >= 4 is 28.6 Å². The molecule has 1 atom stereocenters. The second-order valence-electron chi connectivity index (χ2n) is 4.85. The number of nitrogens with zero attached hydrogens (tertiary/aromatic N) is 3. The molecular formula is C14H14N4O3. The lowest BCUT2D eigenvalue weighted by molar-refractivity contribution is -0.122. The van der Waals surface area contributed by atoms with Crippen LogP contribution in [-0.2, 0) is 4.79 Å². The van der Waals surface area contributed by atoms with Crippen LogP contribution in [0.5, 0.6) is 0 Å². The predicted octanol–water partition coefficient (Wildman–Crippen LogP) is 0.653. The van der Waals surface area contributed by atoms with Gasteiger partial charge >= 0.3 is 5.97 Å².